The first kappa shape index (κ1) is 10.4. The second-order valence-corrected chi connectivity index (χ2v) is 4.16. The molecule has 0 atom stereocenters. The van der Waals surface area contributed by atoms with Crippen LogP contribution >= 0.6 is 0 Å². The summed E-state index contributed by atoms with van der Waals surface area (Å²) in [5, 5.41) is 0. The molecule has 0 N–H and O–H groups in total. The van der Waals surface area contributed by atoms with E-state index in [2.05, 4.69) is 6.07 Å². The molecule has 0 radical (unpaired) electrons. The van der Waals surface area contributed by atoms with E-state index in [1.807, 2.05) is 25.1 Å². The lowest BCUT2D eigenvalue weighted by Gasteiger charge is -2.15. The fraction of sp³-hybridized carbons (Fsp3) is 0.462. The van der Waals surface area contributed by atoms with Gasteiger partial charge in [0.2, 0.25) is 0 Å². The van der Waals surface area contributed by atoms with Gasteiger partial charge in [-0.05, 0) is 31.4 Å². The Morgan fingerprint density at radius 2 is 2.27 bits per heavy atom. The van der Waals surface area contributed by atoms with Gasteiger partial charge < -0.3 is 4.74 Å². The molecule has 2 rings (SSSR count). The number of hydrogen-bond acceptors (Lipinski definition) is 2. The van der Waals surface area contributed by atoms with Crippen molar-refractivity contribution in [3.63, 3.8) is 0 Å². The van der Waals surface area contributed by atoms with Crippen molar-refractivity contribution in [2.45, 2.75) is 25.2 Å². The van der Waals surface area contributed by atoms with Crippen LogP contribution in [0.4, 0.5) is 0 Å². The summed E-state index contributed by atoms with van der Waals surface area (Å²) in [6.07, 6.45) is 3.25. The van der Waals surface area contributed by atoms with Gasteiger partial charge in [0, 0.05) is 17.6 Å². The van der Waals surface area contributed by atoms with Crippen LogP contribution in [0.15, 0.2) is 24.3 Å². The average Bonchev–Trinajstić information content (AvgIpc) is 3.08. The predicted octanol–water partition coefficient (Wildman–Crippen LogP) is 2.57. The van der Waals surface area contributed by atoms with Crippen molar-refractivity contribution in [1.82, 2.24) is 0 Å². The van der Waals surface area contributed by atoms with Crippen molar-refractivity contribution < 1.29 is 9.53 Å². The lowest BCUT2D eigenvalue weighted by molar-refractivity contribution is 0.112. The first-order valence-electron chi connectivity index (χ1n) is 5.44. The van der Waals surface area contributed by atoms with Crippen molar-refractivity contribution in [2.75, 3.05) is 13.2 Å². The molecular formula is C13H16O2. The molecule has 0 heterocycles. The molecule has 1 fully saturated rings. The van der Waals surface area contributed by atoms with Gasteiger partial charge >= 0.3 is 0 Å². The van der Waals surface area contributed by atoms with Crippen LogP contribution in [0.3, 0.4) is 0 Å². The molecule has 0 aromatic heterocycles. The Bertz CT molecular complexity index is 353. The van der Waals surface area contributed by atoms with E-state index in [1.165, 1.54) is 18.4 Å². The third-order valence-electron chi connectivity index (χ3n) is 3.07. The van der Waals surface area contributed by atoms with Gasteiger partial charge in [-0.3, -0.25) is 4.79 Å². The fourth-order valence-corrected chi connectivity index (χ4v) is 1.91. The van der Waals surface area contributed by atoms with Crippen molar-refractivity contribution in [1.29, 1.82) is 0 Å². The highest BCUT2D eigenvalue weighted by Gasteiger charge is 2.44. The normalized spacial score (nSPS) is 17.4. The summed E-state index contributed by atoms with van der Waals surface area (Å²) in [6.45, 7) is 3.55. The third kappa shape index (κ3) is 2.10. The summed E-state index contributed by atoms with van der Waals surface area (Å²) >= 11 is 0. The van der Waals surface area contributed by atoms with E-state index in [4.69, 9.17) is 4.74 Å². The number of benzene rings is 1. The Balaban J connectivity index is 2.17. The monoisotopic (exact) mass is 204 g/mol. The zero-order chi connectivity index (χ0) is 10.7. The van der Waals surface area contributed by atoms with E-state index in [0.29, 0.717) is 0 Å². The highest BCUT2D eigenvalue weighted by atomic mass is 16.5. The van der Waals surface area contributed by atoms with E-state index >= 15 is 0 Å². The highest BCUT2D eigenvalue weighted by Crippen LogP contribution is 2.48. The van der Waals surface area contributed by atoms with Crippen LogP contribution in [0.25, 0.3) is 0 Å². The van der Waals surface area contributed by atoms with Crippen molar-refractivity contribution >= 4 is 6.29 Å². The second-order valence-electron chi connectivity index (χ2n) is 4.16. The van der Waals surface area contributed by atoms with Crippen LogP contribution in [-0.2, 0) is 10.2 Å². The van der Waals surface area contributed by atoms with Crippen LogP contribution in [0, 0.1) is 0 Å². The molecule has 2 heteroatoms. The molecule has 1 saturated carbocycles. The van der Waals surface area contributed by atoms with Gasteiger partial charge in [-0.15, -0.1) is 0 Å². The Labute approximate surface area is 90.3 Å². The zero-order valence-electron chi connectivity index (χ0n) is 9.03. The predicted molar refractivity (Wildman–Crippen MR) is 59.2 cm³/mol. The van der Waals surface area contributed by atoms with Gasteiger partial charge in [0.1, 0.15) is 6.29 Å². The maximum atomic E-state index is 10.7. The SMILES string of the molecule is CCOCC1(c2cccc(C=O)c2)CC1. The van der Waals surface area contributed by atoms with Crippen molar-refractivity contribution in [2.24, 2.45) is 0 Å². The largest absolute Gasteiger partial charge is 0.381 e. The molecule has 1 aromatic carbocycles. The van der Waals surface area contributed by atoms with E-state index < -0.39 is 0 Å². The molecule has 0 saturated heterocycles. The summed E-state index contributed by atoms with van der Waals surface area (Å²) in [6, 6.07) is 7.87. The molecule has 15 heavy (non-hydrogen) atoms. The van der Waals surface area contributed by atoms with Crippen molar-refractivity contribution in [3.05, 3.63) is 35.4 Å². The van der Waals surface area contributed by atoms with Gasteiger partial charge in [-0.2, -0.15) is 0 Å². The van der Waals surface area contributed by atoms with Gasteiger partial charge in [-0.25, -0.2) is 0 Å². The third-order valence-corrected chi connectivity index (χ3v) is 3.07. The highest BCUT2D eigenvalue weighted by molar-refractivity contribution is 5.75. The Morgan fingerprint density at radius 3 is 2.87 bits per heavy atom. The van der Waals surface area contributed by atoms with E-state index in [1.54, 1.807) is 0 Å². The Hall–Kier alpha value is -1.15. The Morgan fingerprint density at radius 1 is 1.47 bits per heavy atom. The second kappa shape index (κ2) is 4.15. The summed E-state index contributed by atoms with van der Waals surface area (Å²) in [4.78, 5) is 10.7. The minimum Gasteiger partial charge on any atom is -0.381 e. The van der Waals surface area contributed by atoms with E-state index in [9.17, 15) is 4.79 Å². The van der Waals surface area contributed by atoms with Gasteiger partial charge in [0.05, 0.1) is 6.61 Å². The maximum absolute atomic E-state index is 10.7. The van der Waals surface area contributed by atoms with Gasteiger partial charge in [0.25, 0.3) is 0 Å². The molecule has 0 spiro atoms. The number of aldehydes is 1. The molecule has 1 aliphatic rings. The number of carbonyl (C=O) groups excluding carboxylic acids is 1. The van der Waals surface area contributed by atoms with Crippen LogP contribution in [-0.4, -0.2) is 19.5 Å². The molecule has 1 aromatic rings. The van der Waals surface area contributed by atoms with Gasteiger partial charge in [-0.1, -0.05) is 18.2 Å². The van der Waals surface area contributed by atoms with Crippen LogP contribution < -0.4 is 0 Å². The van der Waals surface area contributed by atoms with Crippen LogP contribution in [0.1, 0.15) is 35.7 Å². The minimum absolute atomic E-state index is 0.203. The molecule has 80 valence electrons. The van der Waals surface area contributed by atoms with Crippen LogP contribution in [0.5, 0.6) is 0 Å². The van der Waals surface area contributed by atoms with Gasteiger partial charge in [0.15, 0.2) is 0 Å². The Kier molecular flexibility index (Phi) is 2.87. The topological polar surface area (TPSA) is 26.3 Å². The lowest BCUT2D eigenvalue weighted by Crippen LogP contribution is -2.15. The average molecular weight is 204 g/mol. The molecular weight excluding hydrogens is 188 g/mol. The maximum Gasteiger partial charge on any atom is 0.150 e. The van der Waals surface area contributed by atoms with Crippen molar-refractivity contribution in [3.8, 4) is 0 Å². The van der Waals surface area contributed by atoms with Crippen LogP contribution in [0.2, 0.25) is 0 Å². The number of carbonyl (C=O) groups is 1. The quantitative estimate of drug-likeness (QED) is 0.689. The molecule has 0 amide bonds. The minimum atomic E-state index is 0.203. The molecule has 0 unspecified atom stereocenters. The number of ether oxygens (including phenoxy) is 1. The standard InChI is InChI=1S/C13H16O2/c1-2-15-10-13(6-7-13)12-5-3-4-11(8-12)9-14/h3-5,8-9H,2,6-7,10H2,1H3. The summed E-state index contributed by atoms with van der Waals surface area (Å²) in [5.41, 5.74) is 2.21. The summed E-state index contributed by atoms with van der Waals surface area (Å²) < 4.78 is 5.50. The number of rotatable bonds is 5. The first-order valence-corrected chi connectivity index (χ1v) is 5.44. The van der Waals surface area contributed by atoms with E-state index in [0.717, 1.165) is 25.1 Å². The lowest BCUT2D eigenvalue weighted by atomic mass is 9.95. The molecule has 0 aliphatic heterocycles. The molecule has 0 bridgehead atoms. The molecule has 2 nitrogen and oxygen atoms in total. The first-order chi connectivity index (χ1) is 7.30. The summed E-state index contributed by atoms with van der Waals surface area (Å²) in [7, 11) is 0. The molecule has 1 aliphatic carbocycles. The summed E-state index contributed by atoms with van der Waals surface area (Å²) in [5.74, 6) is 0. The number of hydrogen-bond donors (Lipinski definition) is 0. The zero-order valence-corrected chi connectivity index (χ0v) is 9.03. The smallest absolute Gasteiger partial charge is 0.150 e. The fourth-order valence-electron chi connectivity index (χ4n) is 1.91. The van der Waals surface area contributed by atoms with E-state index in [-0.39, 0.29) is 5.41 Å².